The Morgan fingerprint density at radius 2 is 1.92 bits per heavy atom. The summed E-state index contributed by atoms with van der Waals surface area (Å²) < 4.78 is 22.9. The lowest BCUT2D eigenvalue weighted by Gasteiger charge is -1.93. The number of rotatable bonds is 6. The van der Waals surface area contributed by atoms with Crippen molar-refractivity contribution >= 4 is 28.7 Å². The minimum Gasteiger partial charge on any atom is -0.298 e. The van der Waals surface area contributed by atoms with E-state index < -0.39 is 10.5 Å². The van der Waals surface area contributed by atoms with Crippen molar-refractivity contribution in [1.29, 1.82) is 0 Å². The lowest BCUT2D eigenvalue weighted by atomic mass is 10.1. The molecule has 0 aliphatic heterocycles. The summed E-state index contributed by atoms with van der Waals surface area (Å²) in [6, 6.07) is 0. The molecule has 0 atom stereocenters. The molecule has 0 amide bonds. The van der Waals surface area contributed by atoms with Crippen molar-refractivity contribution in [3.63, 3.8) is 0 Å². The van der Waals surface area contributed by atoms with E-state index in [4.69, 9.17) is 0 Å². The van der Waals surface area contributed by atoms with Crippen LogP contribution in [0.3, 0.4) is 0 Å². The second-order valence-electron chi connectivity index (χ2n) is 2.50. The first-order valence-corrected chi connectivity index (χ1v) is 4.98. The Labute approximate surface area is 85.8 Å². The van der Waals surface area contributed by atoms with Crippen LogP contribution in [0, 0.1) is 0 Å². The molecule has 0 N–H and O–H groups in total. The number of ketones is 1. The molecule has 0 fully saturated rings. The van der Waals surface area contributed by atoms with Crippen LogP contribution in [0.15, 0.2) is 4.36 Å². The van der Waals surface area contributed by atoms with E-state index in [1.165, 1.54) is 0 Å². The number of carbonyl (C=O) groups excluding carboxylic acids is 1. The van der Waals surface area contributed by atoms with Crippen LogP contribution < -0.4 is 0 Å². The quantitative estimate of drug-likeness (QED) is 0.648. The van der Waals surface area contributed by atoms with E-state index in [0.717, 1.165) is 19.3 Å². The van der Waals surface area contributed by atoms with Gasteiger partial charge in [-0.2, -0.15) is 12.8 Å². The van der Waals surface area contributed by atoms with Gasteiger partial charge in [0.1, 0.15) is 6.54 Å². The van der Waals surface area contributed by atoms with E-state index >= 15 is 0 Å². The second kappa shape index (κ2) is 9.67. The van der Waals surface area contributed by atoms with E-state index in [0.29, 0.717) is 6.42 Å². The van der Waals surface area contributed by atoms with Gasteiger partial charge >= 0.3 is 10.5 Å². The van der Waals surface area contributed by atoms with Crippen molar-refractivity contribution in [1.82, 2.24) is 0 Å². The van der Waals surface area contributed by atoms with E-state index in [2.05, 4.69) is 4.36 Å². The summed E-state index contributed by atoms with van der Waals surface area (Å²) in [6.45, 7) is 1.85. The van der Waals surface area contributed by atoms with Crippen molar-refractivity contribution in [3.8, 4) is 0 Å². The zero-order chi connectivity index (χ0) is 9.40. The van der Waals surface area contributed by atoms with Gasteiger partial charge in [-0.25, -0.2) is 0 Å². The Balaban J connectivity index is 0. The molecular weight excluding hydrogens is 214 g/mol. The summed E-state index contributed by atoms with van der Waals surface area (Å²) in [4.78, 5) is 10.9. The average molecular weight is 228 g/mol. The number of carbonyl (C=O) groups is 1. The number of nitrogens with zero attached hydrogens (tertiary/aromatic N) is 1. The Morgan fingerprint density at radius 1 is 1.31 bits per heavy atom. The standard InChI is InChI=1S/C7H13NO3S.ClH/c1-2-3-4-5-7(9)6-8-12(10)11;/h2-6H2,1H3;1H. The molecule has 0 aromatic rings. The fourth-order valence-corrected chi connectivity index (χ4v) is 1.03. The summed E-state index contributed by atoms with van der Waals surface area (Å²) in [5, 5.41) is 0. The summed E-state index contributed by atoms with van der Waals surface area (Å²) in [5.41, 5.74) is 0. The third-order valence-electron chi connectivity index (χ3n) is 1.41. The van der Waals surface area contributed by atoms with Crippen LogP contribution in [0.2, 0.25) is 0 Å². The molecule has 4 nitrogen and oxygen atoms in total. The highest BCUT2D eigenvalue weighted by atomic mass is 35.5. The zero-order valence-electron chi connectivity index (χ0n) is 7.52. The molecule has 0 aliphatic carbocycles. The highest BCUT2D eigenvalue weighted by Gasteiger charge is 1.99. The molecular formula is C7H14ClNO3S. The molecule has 0 rings (SSSR count). The second-order valence-corrected chi connectivity index (χ2v) is 3.19. The van der Waals surface area contributed by atoms with Gasteiger partial charge in [0.15, 0.2) is 5.78 Å². The SMILES string of the molecule is CCCCCC(=O)CN=S(=O)=O.Cl. The molecule has 0 unspecified atom stereocenters. The first-order chi connectivity index (χ1) is 5.66. The van der Waals surface area contributed by atoms with Crippen LogP contribution >= 0.6 is 12.4 Å². The number of unbranched alkanes of at least 4 members (excludes halogenated alkanes) is 2. The molecule has 0 aromatic carbocycles. The van der Waals surface area contributed by atoms with Crippen LogP contribution in [0.4, 0.5) is 0 Å². The number of hydrogen-bond acceptors (Lipinski definition) is 4. The Morgan fingerprint density at radius 3 is 2.38 bits per heavy atom. The molecule has 6 heteroatoms. The predicted octanol–water partition coefficient (Wildman–Crippen LogP) is 1.62. The number of Topliss-reactive ketones (excluding diaryl/α,β-unsaturated/α-hetero) is 1. The molecule has 0 saturated carbocycles. The third-order valence-corrected chi connectivity index (χ3v) is 1.75. The number of hydrogen-bond donors (Lipinski definition) is 0. The Hall–Kier alpha value is -0.420. The van der Waals surface area contributed by atoms with Crippen LogP contribution in [0.25, 0.3) is 0 Å². The average Bonchev–Trinajstić information content (AvgIpc) is 2.01. The van der Waals surface area contributed by atoms with Crippen LogP contribution in [-0.4, -0.2) is 20.7 Å². The minimum absolute atomic E-state index is 0. The highest BCUT2D eigenvalue weighted by molar-refractivity contribution is 7.61. The summed E-state index contributed by atoms with van der Waals surface area (Å²) in [5.74, 6) is -0.104. The normalized spacial score (nSPS) is 8.69. The van der Waals surface area contributed by atoms with Crippen LogP contribution in [-0.2, 0) is 15.3 Å². The molecule has 0 bridgehead atoms. The van der Waals surface area contributed by atoms with Gasteiger partial charge in [0.05, 0.1) is 0 Å². The van der Waals surface area contributed by atoms with E-state index in [1.807, 2.05) is 6.92 Å². The van der Waals surface area contributed by atoms with Crippen LogP contribution in [0.1, 0.15) is 32.6 Å². The number of halogens is 1. The largest absolute Gasteiger partial charge is 0.311 e. The predicted molar refractivity (Wildman–Crippen MR) is 52.6 cm³/mol. The lowest BCUT2D eigenvalue weighted by molar-refractivity contribution is -0.117. The fraction of sp³-hybridized carbons (Fsp3) is 0.857. The summed E-state index contributed by atoms with van der Waals surface area (Å²) in [6.07, 6.45) is 3.33. The molecule has 0 aliphatic rings. The first kappa shape index (κ1) is 15.1. The van der Waals surface area contributed by atoms with E-state index in [9.17, 15) is 13.2 Å². The fourth-order valence-electron chi connectivity index (χ4n) is 0.776. The maximum Gasteiger partial charge on any atom is 0.311 e. The molecule has 0 radical (unpaired) electrons. The van der Waals surface area contributed by atoms with Gasteiger partial charge < -0.3 is 0 Å². The maximum atomic E-state index is 10.9. The third kappa shape index (κ3) is 11.6. The van der Waals surface area contributed by atoms with Gasteiger partial charge in [-0.1, -0.05) is 19.8 Å². The Kier molecular flexibility index (Phi) is 11.2. The van der Waals surface area contributed by atoms with Gasteiger partial charge in [0, 0.05) is 6.42 Å². The molecule has 0 spiro atoms. The van der Waals surface area contributed by atoms with Gasteiger partial charge in [-0.3, -0.25) is 4.79 Å². The van der Waals surface area contributed by atoms with Crippen molar-refractivity contribution in [2.24, 2.45) is 4.36 Å². The van der Waals surface area contributed by atoms with Crippen molar-refractivity contribution in [2.45, 2.75) is 32.6 Å². The van der Waals surface area contributed by atoms with Crippen molar-refractivity contribution in [3.05, 3.63) is 0 Å². The highest BCUT2D eigenvalue weighted by Crippen LogP contribution is 1.99. The maximum absolute atomic E-state index is 10.9. The molecule has 13 heavy (non-hydrogen) atoms. The molecule has 78 valence electrons. The van der Waals surface area contributed by atoms with Gasteiger partial charge in [-0.05, 0) is 6.42 Å². The van der Waals surface area contributed by atoms with Crippen LogP contribution in [0.5, 0.6) is 0 Å². The topological polar surface area (TPSA) is 63.6 Å². The summed E-state index contributed by atoms with van der Waals surface area (Å²) >= 11 is 0. The molecule has 0 heterocycles. The van der Waals surface area contributed by atoms with E-state index in [1.54, 1.807) is 0 Å². The minimum atomic E-state index is -2.44. The van der Waals surface area contributed by atoms with Crippen molar-refractivity contribution in [2.75, 3.05) is 6.54 Å². The monoisotopic (exact) mass is 227 g/mol. The van der Waals surface area contributed by atoms with Gasteiger partial charge in [0.25, 0.3) is 0 Å². The van der Waals surface area contributed by atoms with Gasteiger partial charge in [-0.15, -0.1) is 12.4 Å². The zero-order valence-corrected chi connectivity index (χ0v) is 9.16. The van der Waals surface area contributed by atoms with Gasteiger partial charge in [0.2, 0.25) is 0 Å². The lowest BCUT2D eigenvalue weighted by Crippen LogP contribution is -2.01. The first-order valence-electron chi connectivity index (χ1n) is 3.95. The molecule has 0 aromatic heterocycles. The smallest absolute Gasteiger partial charge is 0.298 e. The van der Waals surface area contributed by atoms with E-state index in [-0.39, 0.29) is 24.7 Å². The molecule has 0 saturated heterocycles. The Bertz CT molecular complexity index is 253. The van der Waals surface area contributed by atoms with Crippen molar-refractivity contribution < 1.29 is 13.2 Å². The summed E-state index contributed by atoms with van der Waals surface area (Å²) in [7, 11) is -2.44.